The summed E-state index contributed by atoms with van der Waals surface area (Å²) in [5.74, 6) is 0.145. The van der Waals surface area contributed by atoms with Crippen molar-refractivity contribution < 1.29 is 17.9 Å². The highest BCUT2D eigenvalue weighted by atomic mass is 32.2. The first-order chi connectivity index (χ1) is 12.0. The number of ketones is 1. The summed E-state index contributed by atoms with van der Waals surface area (Å²) in [5.41, 5.74) is 1.19. The van der Waals surface area contributed by atoms with Gasteiger partial charge in [0.05, 0.1) is 23.2 Å². The van der Waals surface area contributed by atoms with Crippen LogP contribution < -0.4 is 0 Å². The van der Waals surface area contributed by atoms with E-state index in [1.807, 2.05) is 20.8 Å². The third-order valence-corrected chi connectivity index (χ3v) is 7.44. The SMILES string of the molecule is CCCCCCS(=O)(=O)CC1=C2CC[C@@H](OC(C)(C)C)[C@]2(C)CCC1=O. The molecule has 0 unspecified atom stereocenters. The number of rotatable bonds is 8. The topological polar surface area (TPSA) is 60.4 Å². The maximum atomic E-state index is 12.6. The van der Waals surface area contributed by atoms with E-state index in [-0.39, 0.29) is 34.4 Å². The number of carbonyl (C=O) groups excluding carboxylic acids is 1. The van der Waals surface area contributed by atoms with E-state index in [1.165, 1.54) is 0 Å². The molecule has 2 atom stereocenters. The van der Waals surface area contributed by atoms with Crippen LogP contribution in [0.3, 0.4) is 0 Å². The van der Waals surface area contributed by atoms with Gasteiger partial charge in [-0.2, -0.15) is 0 Å². The minimum absolute atomic E-state index is 0.0333. The third kappa shape index (κ3) is 5.19. The van der Waals surface area contributed by atoms with Crippen molar-refractivity contribution in [3.8, 4) is 0 Å². The first-order valence-electron chi connectivity index (χ1n) is 10.1. The molecule has 0 aromatic heterocycles. The van der Waals surface area contributed by atoms with Gasteiger partial charge >= 0.3 is 0 Å². The summed E-state index contributed by atoms with van der Waals surface area (Å²) in [6.07, 6.45) is 6.70. The standard InChI is InChI=1S/C21H36O4S/c1-6-7-8-9-14-26(23,24)15-16-17-10-11-19(25-20(2,3)4)21(17,5)13-12-18(16)22/h19H,6-15H2,1-5H3/t19-,21-/m1/s1. The fourth-order valence-electron chi connectivity index (χ4n) is 4.40. The lowest BCUT2D eigenvalue weighted by Gasteiger charge is -2.40. The Labute approximate surface area is 159 Å². The molecule has 0 saturated heterocycles. The van der Waals surface area contributed by atoms with Gasteiger partial charge in [0.1, 0.15) is 0 Å². The summed E-state index contributed by atoms with van der Waals surface area (Å²) in [6, 6.07) is 0. The van der Waals surface area contributed by atoms with Crippen LogP contribution in [0, 0.1) is 5.41 Å². The highest BCUT2D eigenvalue weighted by Gasteiger charge is 2.49. The molecule has 0 aromatic carbocycles. The van der Waals surface area contributed by atoms with E-state index in [0.717, 1.165) is 44.1 Å². The van der Waals surface area contributed by atoms with E-state index < -0.39 is 9.84 Å². The molecule has 0 radical (unpaired) electrons. The number of hydrogen-bond acceptors (Lipinski definition) is 4. The predicted molar refractivity (Wildman–Crippen MR) is 106 cm³/mol. The van der Waals surface area contributed by atoms with Gasteiger partial charge < -0.3 is 4.74 Å². The molecule has 0 aliphatic heterocycles. The third-order valence-electron chi connectivity index (χ3n) is 5.80. The van der Waals surface area contributed by atoms with E-state index in [1.54, 1.807) is 0 Å². The minimum Gasteiger partial charge on any atom is -0.372 e. The molecule has 0 amide bonds. The van der Waals surface area contributed by atoms with Crippen molar-refractivity contribution in [1.82, 2.24) is 0 Å². The van der Waals surface area contributed by atoms with E-state index in [9.17, 15) is 13.2 Å². The van der Waals surface area contributed by atoms with Crippen molar-refractivity contribution >= 4 is 15.6 Å². The summed E-state index contributed by atoms with van der Waals surface area (Å²) >= 11 is 0. The Kier molecular flexibility index (Phi) is 6.76. The van der Waals surface area contributed by atoms with Crippen molar-refractivity contribution in [2.45, 2.75) is 97.7 Å². The molecule has 150 valence electrons. The lowest BCUT2D eigenvalue weighted by atomic mass is 9.71. The van der Waals surface area contributed by atoms with Gasteiger partial charge in [-0.25, -0.2) is 8.42 Å². The van der Waals surface area contributed by atoms with Crippen molar-refractivity contribution in [3.63, 3.8) is 0 Å². The van der Waals surface area contributed by atoms with Crippen LogP contribution in [0.2, 0.25) is 0 Å². The van der Waals surface area contributed by atoms with Crippen LogP contribution in [-0.2, 0) is 19.4 Å². The number of sulfone groups is 1. The maximum Gasteiger partial charge on any atom is 0.159 e. The molecule has 1 fully saturated rings. The number of Topliss-reactive ketones (excluding diaryl/α,β-unsaturated/α-hetero) is 1. The zero-order valence-electron chi connectivity index (χ0n) is 17.2. The summed E-state index contributed by atoms with van der Waals surface area (Å²) in [7, 11) is -3.23. The lowest BCUT2D eigenvalue weighted by Crippen LogP contribution is -2.40. The second kappa shape index (κ2) is 8.14. The number of ether oxygens (including phenoxy) is 1. The fraction of sp³-hybridized carbons (Fsp3) is 0.857. The molecule has 0 spiro atoms. The Bertz CT molecular complexity index is 654. The minimum atomic E-state index is -3.23. The van der Waals surface area contributed by atoms with E-state index in [4.69, 9.17) is 4.74 Å². The zero-order valence-corrected chi connectivity index (χ0v) is 18.0. The highest BCUT2D eigenvalue weighted by molar-refractivity contribution is 7.91. The van der Waals surface area contributed by atoms with Gasteiger partial charge in [-0.15, -0.1) is 0 Å². The van der Waals surface area contributed by atoms with Crippen LogP contribution in [0.1, 0.15) is 86.0 Å². The van der Waals surface area contributed by atoms with Gasteiger partial charge in [0, 0.05) is 17.4 Å². The molecule has 2 aliphatic rings. The normalized spacial score (nSPS) is 27.1. The van der Waals surface area contributed by atoms with E-state index in [0.29, 0.717) is 18.4 Å². The monoisotopic (exact) mass is 384 g/mol. The van der Waals surface area contributed by atoms with Crippen molar-refractivity contribution in [2.24, 2.45) is 5.41 Å². The molecule has 0 bridgehead atoms. The molecule has 1 saturated carbocycles. The summed E-state index contributed by atoms with van der Waals surface area (Å²) in [6.45, 7) is 10.4. The molecule has 5 heteroatoms. The van der Waals surface area contributed by atoms with Crippen LogP contribution in [-0.4, -0.2) is 37.4 Å². The average molecular weight is 385 g/mol. The molecule has 2 rings (SSSR count). The van der Waals surface area contributed by atoms with Crippen LogP contribution in [0.4, 0.5) is 0 Å². The quantitative estimate of drug-likeness (QED) is 0.573. The zero-order chi connectivity index (χ0) is 19.6. The molecule has 0 N–H and O–H groups in total. The second-order valence-electron chi connectivity index (χ2n) is 9.21. The second-order valence-corrected chi connectivity index (χ2v) is 11.4. The smallest absolute Gasteiger partial charge is 0.159 e. The summed E-state index contributed by atoms with van der Waals surface area (Å²) in [4.78, 5) is 12.6. The number of unbranched alkanes of at least 4 members (excludes halogenated alkanes) is 3. The molecular weight excluding hydrogens is 348 g/mol. The van der Waals surface area contributed by atoms with Gasteiger partial charge in [0.2, 0.25) is 0 Å². The van der Waals surface area contributed by atoms with E-state index in [2.05, 4.69) is 13.8 Å². The summed E-state index contributed by atoms with van der Waals surface area (Å²) in [5, 5.41) is 0. The molecular formula is C21H36O4S. The van der Waals surface area contributed by atoms with Crippen molar-refractivity contribution in [2.75, 3.05) is 11.5 Å². The number of fused-ring (bicyclic) bond motifs is 1. The Morgan fingerprint density at radius 3 is 2.46 bits per heavy atom. The molecule has 0 aromatic rings. The van der Waals surface area contributed by atoms with Crippen LogP contribution in [0.25, 0.3) is 0 Å². The lowest BCUT2D eigenvalue weighted by molar-refractivity contribution is -0.120. The first-order valence-corrected chi connectivity index (χ1v) is 11.9. The largest absolute Gasteiger partial charge is 0.372 e. The Hall–Kier alpha value is -0.680. The van der Waals surface area contributed by atoms with Gasteiger partial charge in [-0.1, -0.05) is 38.7 Å². The highest BCUT2D eigenvalue weighted by Crippen LogP contribution is 2.52. The van der Waals surface area contributed by atoms with Gasteiger partial charge in [-0.05, 0) is 46.5 Å². The molecule has 26 heavy (non-hydrogen) atoms. The number of carbonyl (C=O) groups is 1. The summed E-state index contributed by atoms with van der Waals surface area (Å²) < 4.78 is 31.5. The fourth-order valence-corrected chi connectivity index (χ4v) is 5.96. The molecule has 4 nitrogen and oxygen atoms in total. The van der Waals surface area contributed by atoms with Gasteiger partial charge in [-0.3, -0.25) is 4.79 Å². The number of hydrogen-bond donors (Lipinski definition) is 0. The first kappa shape index (κ1) is 21.6. The van der Waals surface area contributed by atoms with Crippen LogP contribution >= 0.6 is 0 Å². The Balaban J connectivity index is 2.20. The maximum absolute atomic E-state index is 12.6. The predicted octanol–water partition coefficient (Wildman–Crippen LogP) is 4.62. The Morgan fingerprint density at radius 2 is 1.85 bits per heavy atom. The molecule has 2 aliphatic carbocycles. The van der Waals surface area contributed by atoms with E-state index >= 15 is 0 Å². The van der Waals surface area contributed by atoms with Crippen LogP contribution in [0.15, 0.2) is 11.1 Å². The Morgan fingerprint density at radius 1 is 1.15 bits per heavy atom. The van der Waals surface area contributed by atoms with Crippen LogP contribution in [0.5, 0.6) is 0 Å². The van der Waals surface area contributed by atoms with Crippen molar-refractivity contribution in [1.29, 1.82) is 0 Å². The average Bonchev–Trinajstić information content (AvgIpc) is 2.83. The van der Waals surface area contributed by atoms with Crippen molar-refractivity contribution in [3.05, 3.63) is 11.1 Å². The molecule has 0 heterocycles. The van der Waals surface area contributed by atoms with Gasteiger partial charge in [0.25, 0.3) is 0 Å². The van der Waals surface area contributed by atoms with Gasteiger partial charge in [0.15, 0.2) is 15.6 Å².